The highest BCUT2D eigenvalue weighted by molar-refractivity contribution is 7.18. The second-order valence-electron chi connectivity index (χ2n) is 7.93. The quantitative estimate of drug-likeness (QED) is 0.471. The third-order valence-corrected chi connectivity index (χ3v) is 6.92. The van der Waals surface area contributed by atoms with E-state index in [-0.39, 0.29) is 5.41 Å². The predicted octanol–water partition coefficient (Wildman–Crippen LogP) is 4.46. The van der Waals surface area contributed by atoms with Crippen molar-refractivity contribution in [2.45, 2.75) is 31.3 Å². The molecule has 5 rings (SSSR count). The van der Waals surface area contributed by atoms with E-state index in [2.05, 4.69) is 28.3 Å². The normalized spacial score (nSPS) is 15.8. The number of fused-ring (bicyclic) bond motifs is 2. The molecule has 29 heavy (non-hydrogen) atoms. The van der Waals surface area contributed by atoms with E-state index in [1.165, 1.54) is 22.2 Å². The van der Waals surface area contributed by atoms with Crippen LogP contribution in [-0.2, 0) is 28.5 Å². The van der Waals surface area contributed by atoms with Crippen LogP contribution < -0.4 is 0 Å². The zero-order valence-electron chi connectivity index (χ0n) is 16.9. The van der Waals surface area contributed by atoms with Crippen LogP contribution in [0, 0.1) is 0 Å². The fraction of sp³-hybridized carbons (Fsp3) is 0.409. The number of methoxy groups -OCH3 is 2. The van der Waals surface area contributed by atoms with E-state index in [1.807, 2.05) is 19.4 Å². The second-order valence-corrected chi connectivity index (χ2v) is 9.04. The Hall–Kier alpha value is -2.35. The summed E-state index contributed by atoms with van der Waals surface area (Å²) in [7, 11) is 5.44. The molecule has 0 radical (unpaired) electrons. The number of rotatable bonds is 6. The molecule has 150 valence electrons. The summed E-state index contributed by atoms with van der Waals surface area (Å²) in [6.07, 6.45) is 7.40. The van der Waals surface area contributed by atoms with Gasteiger partial charge in [0.1, 0.15) is 4.83 Å². The topological polar surface area (TPSA) is 62.1 Å². The number of thiophene rings is 1. The molecule has 1 fully saturated rings. The first kappa shape index (κ1) is 18.7. The number of hydrogen-bond donors (Lipinski definition) is 0. The highest BCUT2D eigenvalue weighted by Crippen LogP contribution is 2.48. The van der Waals surface area contributed by atoms with E-state index in [4.69, 9.17) is 14.5 Å². The highest BCUT2D eigenvalue weighted by atomic mass is 32.1. The maximum Gasteiger partial charge on any atom is 0.181 e. The molecule has 0 atom stereocenters. The monoisotopic (exact) mass is 408 g/mol. The fourth-order valence-corrected chi connectivity index (χ4v) is 5.43. The number of ether oxygens (including phenoxy) is 2. The number of pyridine rings is 2. The van der Waals surface area contributed by atoms with Crippen molar-refractivity contribution in [1.82, 2.24) is 19.7 Å². The SMILES string of the molecule is COCc1cc2c(C3(COC)CCC3)cc(-c3cnc4nn(C)cc4c3)nc2s1. The van der Waals surface area contributed by atoms with Crippen molar-refractivity contribution in [3.63, 3.8) is 0 Å². The fourth-order valence-electron chi connectivity index (χ4n) is 4.41. The van der Waals surface area contributed by atoms with E-state index < -0.39 is 0 Å². The lowest BCUT2D eigenvalue weighted by Crippen LogP contribution is -2.38. The largest absolute Gasteiger partial charge is 0.384 e. The molecule has 7 heteroatoms. The van der Waals surface area contributed by atoms with Crippen LogP contribution in [0.3, 0.4) is 0 Å². The first-order chi connectivity index (χ1) is 14.1. The third kappa shape index (κ3) is 3.13. The minimum atomic E-state index is 0.0714. The molecule has 0 aliphatic heterocycles. The van der Waals surface area contributed by atoms with Gasteiger partial charge in [0, 0.05) is 60.3 Å². The Morgan fingerprint density at radius 1 is 1.17 bits per heavy atom. The molecule has 0 unspecified atom stereocenters. The summed E-state index contributed by atoms with van der Waals surface area (Å²) in [5.74, 6) is 0. The molecule has 4 aromatic rings. The van der Waals surface area contributed by atoms with Crippen molar-refractivity contribution in [2.24, 2.45) is 7.05 Å². The molecule has 0 N–H and O–H groups in total. The first-order valence-electron chi connectivity index (χ1n) is 9.83. The van der Waals surface area contributed by atoms with Crippen molar-refractivity contribution >= 4 is 32.6 Å². The lowest BCUT2D eigenvalue weighted by molar-refractivity contribution is 0.0802. The van der Waals surface area contributed by atoms with Crippen molar-refractivity contribution in [3.8, 4) is 11.3 Å². The van der Waals surface area contributed by atoms with Crippen LogP contribution in [0.15, 0.2) is 30.6 Å². The Morgan fingerprint density at radius 2 is 2.03 bits per heavy atom. The van der Waals surface area contributed by atoms with Crippen molar-refractivity contribution < 1.29 is 9.47 Å². The van der Waals surface area contributed by atoms with Gasteiger partial charge in [0.2, 0.25) is 0 Å². The molecule has 1 saturated carbocycles. The molecule has 0 saturated heterocycles. The average Bonchev–Trinajstić information content (AvgIpc) is 3.25. The second kappa shape index (κ2) is 7.16. The molecule has 4 aromatic heterocycles. The van der Waals surface area contributed by atoms with Gasteiger partial charge in [-0.3, -0.25) is 4.68 Å². The van der Waals surface area contributed by atoms with E-state index in [1.54, 1.807) is 30.2 Å². The summed E-state index contributed by atoms with van der Waals surface area (Å²) in [4.78, 5) is 11.8. The maximum absolute atomic E-state index is 5.65. The van der Waals surface area contributed by atoms with Gasteiger partial charge in [0.15, 0.2) is 5.65 Å². The summed E-state index contributed by atoms with van der Waals surface area (Å²) in [5.41, 5.74) is 4.14. The van der Waals surface area contributed by atoms with Crippen LogP contribution in [0.25, 0.3) is 32.5 Å². The summed E-state index contributed by atoms with van der Waals surface area (Å²) in [5, 5.41) is 6.64. The smallest absolute Gasteiger partial charge is 0.181 e. The number of aryl methyl sites for hydroxylation is 1. The molecule has 0 spiro atoms. The number of aromatic nitrogens is 4. The molecule has 6 nitrogen and oxygen atoms in total. The number of nitrogens with zero attached hydrogens (tertiary/aromatic N) is 4. The Morgan fingerprint density at radius 3 is 2.76 bits per heavy atom. The Labute approximate surface area is 173 Å². The van der Waals surface area contributed by atoms with Crippen LogP contribution in [0.1, 0.15) is 29.7 Å². The minimum Gasteiger partial charge on any atom is -0.384 e. The van der Waals surface area contributed by atoms with Gasteiger partial charge in [-0.05, 0) is 36.6 Å². The van der Waals surface area contributed by atoms with Crippen LogP contribution in [0.4, 0.5) is 0 Å². The molecule has 1 aliphatic carbocycles. The first-order valence-corrected chi connectivity index (χ1v) is 10.7. The zero-order chi connectivity index (χ0) is 20.0. The summed E-state index contributed by atoms with van der Waals surface area (Å²) >= 11 is 1.71. The Kier molecular flexibility index (Phi) is 4.61. The van der Waals surface area contributed by atoms with E-state index in [9.17, 15) is 0 Å². The summed E-state index contributed by atoms with van der Waals surface area (Å²) < 4.78 is 12.8. The van der Waals surface area contributed by atoms with Crippen LogP contribution >= 0.6 is 11.3 Å². The average molecular weight is 409 g/mol. The van der Waals surface area contributed by atoms with E-state index in [0.717, 1.165) is 46.6 Å². The van der Waals surface area contributed by atoms with Gasteiger partial charge in [-0.25, -0.2) is 9.97 Å². The van der Waals surface area contributed by atoms with Crippen molar-refractivity contribution in [2.75, 3.05) is 20.8 Å². The molecule has 1 aliphatic rings. The number of hydrogen-bond acceptors (Lipinski definition) is 6. The minimum absolute atomic E-state index is 0.0714. The lowest BCUT2D eigenvalue weighted by Gasteiger charge is -2.42. The van der Waals surface area contributed by atoms with Gasteiger partial charge in [-0.1, -0.05) is 6.42 Å². The third-order valence-electron chi connectivity index (χ3n) is 5.92. The van der Waals surface area contributed by atoms with Crippen molar-refractivity contribution in [3.05, 3.63) is 41.0 Å². The van der Waals surface area contributed by atoms with Crippen LogP contribution in [0.2, 0.25) is 0 Å². The molecular weight excluding hydrogens is 384 g/mol. The van der Waals surface area contributed by atoms with Gasteiger partial charge < -0.3 is 9.47 Å². The Bertz CT molecular complexity index is 1190. The van der Waals surface area contributed by atoms with Gasteiger partial charge in [-0.2, -0.15) is 5.10 Å². The lowest BCUT2D eigenvalue weighted by atomic mass is 9.64. The van der Waals surface area contributed by atoms with E-state index in [0.29, 0.717) is 6.61 Å². The summed E-state index contributed by atoms with van der Waals surface area (Å²) in [6, 6.07) is 6.62. The molecule has 0 amide bonds. The highest BCUT2D eigenvalue weighted by Gasteiger charge is 2.40. The Balaban J connectivity index is 1.70. The molecular formula is C22H24N4O2S. The van der Waals surface area contributed by atoms with E-state index >= 15 is 0 Å². The standard InChI is InChI=1S/C22H24N4O2S/c1-26-11-15-7-14(10-23-20(15)25-26)19-9-18(22(13-28-3)5-4-6-22)17-8-16(12-27-2)29-21(17)24-19/h7-11H,4-6,12-13H2,1-3H3. The van der Waals surface area contributed by atoms with Crippen LogP contribution in [0.5, 0.6) is 0 Å². The van der Waals surface area contributed by atoms with Gasteiger partial charge in [0.05, 0.1) is 18.9 Å². The van der Waals surface area contributed by atoms with Gasteiger partial charge in [0.25, 0.3) is 0 Å². The zero-order valence-corrected chi connectivity index (χ0v) is 17.8. The molecule has 4 heterocycles. The van der Waals surface area contributed by atoms with Crippen molar-refractivity contribution in [1.29, 1.82) is 0 Å². The van der Waals surface area contributed by atoms with Gasteiger partial charge >= 0.3 is 0 Å². The molecule has 0 bridgehead atoms. The maximum atomic E-state index is 5.65. The predicted molar refractivity (Wildman–Crippen MR) is 115 cm³/mol. The van der Waals surface area contributed by atoms with Gasteiger partial charge in [-0.15, -0.1) is 11.3 Å². The summed E-state index contributed by atoms with van der Waals surface area (Å²) in [6.45, 7) is 1.34. The molecule has 0 aromatic carbocycles. The van der Waals surface area contributed by atoms with Crippen LogP contribution in [-0.4, -0.2) is 40.6 Å².